The predicted molar refractivity (Wildman–Crippen MR) is 114 cm³/mol. The van der Waals surface area contributed by atoms with E-state index in [0.29, 0.717) is 16.6 Å². The number of hydrogen-bond acceptors (Lipinski definition) is 2. The average Bonchev–Trinajstić information content (AvgIpc) is 2.87. The van der Waals surface area contributed by atoms with Crippen LogP contribution in [0.4, 0.5) is 0 Å². The lowest BCUT2D eigenvalue weighted by Gasteiger charge is -2.10. The monoisotopic (exact) mass is 449 g/mol. The molecule has 26 heavy (non-hydrogen) atoms. The number of rotatable bonds is 5. The molecule has 6 heteroatoms. The lowest BCUT2D eigenvalue weighted by molar-refractivity contribution is 0.748. The van der Waals surface area contributed by atoms with E-state index in [1.54, 1.807) is 0 Å². The largest absolute Gasteiger partial charge is 0.318 e. The summed E-state index contributed by atoms with van der Waals surface area (Å²) >= 11 is 15.9. The molecule has 2 aromatic carbocycles. The van der Waals surface area contributed by atoms with Crippen LogP contribution in [0.15, 0.2) is 58.1 Å². The maximum Gasteiger partial charge on any atom is 0.0609 e. The van der Waals surface area contributed by atoms with Gasteiger partial charge in [0.25, 0.3) is 0 Å². The Morgan fingerprint density at radius 2 is 1.77 bits per heavy atom. The van der Waals surface area contributed by atoms with Gasteiger partial charge in [-0.15, -0.1) is 0 Å². The molecule has 0 amide bonds. The molecule has 0 fully saturated rings. The van der Waals surface area contributed by atoms with Gasteiger partial charge in [0.05, 0.1) is 12.8 Å². The van der Waals surface area contributed by atoms with Gasteiger partial charge in [-0.3, -0.25) is 0 Å². The summed E-state index contributed by atoms with van der Waals surface area (Å²) in [5, 5.41) is 5.60. The zero-order valence-corrected chi connectivity index (χ0v) is 17.5. The van der Waals surface area contributed by atoms with Gasteiger partial charge < -0.3 is 9.99 Å². The van der Waals surface area contributed by atoms with Crippen molar-refractivity contribution in [2.24, 2.45) is 5.10 Å². The van der Waals surface area contributed by atoms with E-state index in [1.807, 2.05) is 36.5 Å². The molecule has 3 nitrogen and oxygen atoms in total. The number of nitrogens with zero attached hydrogens (tertiary/aromatic N) is 2. The lowest BCUT2D eigenvalue weighted by atomic mass is 10.2. The third-order valence-corrected chi connectivity index (χ3v) is 5.35. The van der Waals surface area contributed by atoms with Crippen molar-refractivity contribution in [2.75, 3.05) is 0 Å². The summed E-state index contributed by atoms with van der Waals surface area (Å²) < 4.78 is 3.26. The first-order chi connectivity index (χ1) is 12.5. The maximum absolute atomic E-state index is 6.17. The molecule has 134 valence electrons. The van der Waals surface area contributed by atoms with Crippen LogP contribution in [0, 0.1) is 13.8 Å². The van der Waals surface area contributed by atoms with Gasteiger partial charge in [-0.05, 0) is 50.2 Å². The molecule has 0 aliphatic heterocycles. The first kappa shape index (κ1) is 19.0. The minimum Gasteiger partial charge on any atom is -0.318 e. The Balaban J connectivity index is 1.77. The maximum atomic E-state index is 6.17. The Hall–Kier alpha value is -1.75. The highest BCUT2D eigenvalue weighted by atomic mass is 79.9. The van der Waals surface area contributed by atoms with Gasteiger partial charge in [-0.25, -0.2) is 0 Å². The van der Waals surface area contributed by atoms with Crippen LogP contribution < -0.4 is 5.43 Å². The molecular weight excluding hydrogens is 433 g/mol. The molecule has 3 rings (SSSR count). The molecule has 1 aromatic heterocycles. The summed E-state index contributed by atoms with van der Waals surface area (Å²) in [6.07, 6.45) is 1.82. The number of halogens is 3. The van der Waals surface area contributed by atoms with Crippen molar-refractivity contribution in [2.45, 2.75) is 20.4 Å². The second-order valence-electron chi connectivity index (χ2n) is 5.94. The molecule has 0 spiro atoms. The molecule has 1 heterocycles. The van der Waals surface area contributed by atoms with Gasteiger partial charge in [0.1, 0.15) is 0 Å². The average molecular weight is 451 g/mol. The van der Waals surface area contributed by atoms with Gasteiger partial charge in [0.15, 0.2) is 0 Å². The van der Waals surface area contributed by atoms with Crippen molar-refractivity contribution in [3.05, 3.63) is 85.6 Å². The zero-order chi connectivity index (χ0) is 18.7. The second-order valence-corrected chi connectivity index (χ2v) is 7.67. The van der Waals surface area contributed by atoms with E-state index in [2.05, 4.69) is 63.1 Å². The molecule has 0 bridgehead atoms. The highest BCUT2D eigenvalue weighted by Gasteiger charge is 2.10. The summed E-state index contributed by atoms with van der Waals surface area (Å²) in [6, 6.07) is 15.8. The highest BCUT2D eigenvalue weighted by Crippen LogP contribution is 2.24. The molecule has 3 aromatic rings. The summed E-state index contributed by atoms with van der Waals surface area (Å²) in [5.74, 6) is 0. The van der Waals surface area contributed by atoms with E-state index < -0.39 is 0 Å². The Labute approximate surface area is 171 Å². The van der Waals surface area contributed by atoms with Crippen molar-refractivity contribution in [1.29, 1.82) is 0 Å². The van der Waals surface area contributed by atoms with E-state index in [-0.39, 0.29) is 0 Å². The van der Waals surface area contributed by atoms with Crippen LogP contribution in [-0.2, 0) is 6.54 Å². The number of hydrazone groups is 1. The normalized spacial score (nSPS) is 11.3. The zero-order valence-electron chi connectivity index (χ0n) is 14.4. The van der Waals surface area contributed by atoms with Gasteiger partial charge >= 0.3 is 0 Å². The first-order valence-electron chi connectivity index (χ1n) is 8.11. The predicted octanol–water partition coefficient (Wildman–Crippen LogP) is 6.29. The van der Waals surface area contributed by atoms with Crippen LogP contribution in [0.25, 0.3) is 5.69 Å². The van der Waals surface area contributed by atoms with Gasteiger partial charge in [-0.2, -0.15) is 5.10 Å². The minimum atomic E-state index is 0.472. The van der Waals surface area contributed by atoms with E-state index in [0.717, 1.165) is 32.7 Å². The number of nitrogens with one attached hydrogen (secondary N) is 1. The topological polar surface area (TPSA) is 29.3 Å². The SMILES string of the molecule is Cc1cc(/C=N/NCc2c(Cl)cccc2Cl)c(C)n1-c1cccc(Br)c1. The standard InChI is InChI=1S/C20H18BrCl2N3/c1-13-9-15(14(2)26(13)17-6-3-5-16(21)10-17)11-24-25-12-18-19(22)7-4-8-20(18)23/h3-11,25H,12H2,1-2H3/b24-11+. The molecular formula is C20H18BrCl2N3. The molecule has 0 saturated carbocycles. The van der Waals surface area contributed by atoms with Crippen LogP contribution in [-0.4, -0.2) is 10.8 Å². The fourth-order valence-electron chi connectivity index (χ4n) is 2.87. The Morgan fingerprint density at radius 3 is 2.46 bits per heavy atom. The molecule has 0 unspecified atom stereocenters. The van der Waals surface area contributed by atoms with E-state index in [9.17, 15) is 0 Å². The Bertz CT molecular complexity index is 943. The summed E-state index contributed by atoms with van der Waals surface area (Å²) in [5.41, 5.74) is 8.31. The lowest BCUT2D eigenvalue weighted by Crippen LogP contribution is -2.07. The summed E-state index contributed by atoms with van der Waals surface area (Å²) in [4.78, 5) is 0. The van der Waals surface area contributed by atoms with E-state index in [4.69, 9.17) is 23.2 Å². The third-order valence-electron chi connectivity index (χ3n) is 4.15. The van der Waals surface area contributed by atoms with Crippen LogP contribution in [0.2, 0.25) is 10.0 Å². The van der Waals surface area contributed by atoms with Crippen molar-refractivity contribution >= 4 is 45.3 Å². The first-order valence-corrected chi connectivity index (χ1v) is 9.66. The minimum absolute atomic E-state index is 0.472. The smallest absolute Gasteiger partial charge is 0.0609 e. The van der Waals surface area contributed by atoms with Crippen LogP contribution >= 0.6 is 39.1 Å². The van der Waals surface area contributed by atoms with E-state index in [1.165, 1.54) is 0 Å². The Kier molecular flexibility index (Phi) is 6.07. The fourth-order valence-corrected chi connectivity index (χ4v) is 3.79. The van der Waals surface area contributed by atoms with Crippen molar-refractivity contribution in [3.63, 3.8) is 0 Å². The van der Waals surface area contributed by atoms with Crippen molar-refractivity contribution in [1.82, 2.24) is 9.99 Å². The number of benzene rings is 2. The van der Waals surface area contributed by atoms with Crippen molar-refractivity contribution < 1.29 is 0 Å². The molecule has 0 atom stereocenters. The van der Waals surface area contributed by atoms with Crippen molar-refractivity contribution in [3.8, 4) is 5.69 Å². The van der Waals surface area contributed by atoms with Crippen LogP contribution in [0.3, 0.4) is 0 Å². The number of aromatic nitrogens is 1. The van der Waals surface area contributed by atoms with E-state index >= 15 is 0 Å². The quantitative estimate of drug-likeness (QED) is 0.359. The summed E-state index contributed by atoms with van der Waals surface area (Å²) in [7, 11) is 0. The molecule has 0 aliphatic carbocycles. The Morgan fingerprint density at radius 1 is 1.08 bits per heavy atom. The molecule has 0 saturated heterocycles. The molecule has 0 aliphatic rings. The van der Waals surface area contributed by atoms with Crippen LogP contribution in [0.5, 0.6) is 0 Å². The molecule has 0 radical (unpaired) electrons. The number of aryl methyl sites for hydroxylation is 1. The second kappa shape index (κ2) is 8.30. The molecule has 1 N–H and O–H groups in total. The van der Waals surface area contributed by atoms with Gasteiger partial charge in [-0.1, -0.05) is 51.3 Å². The van der Waals surface area contributed by atoms with Gasteiger partial charge in [0, 0.05) is 42.7 Å². The number of hydrogen-bond donors (Lipinski definition) is 1. The highest BCUT2D eigenvalue weighted by molar-refractivity contribution is 9.10. The van der Waals surface area contributed by atoms with Crippen LogP contribution in [0.1, 0.15) is 22.5 Å². The fraction of sp³-hybridized carbons (Fsp3) is 0.150. The van der Waals surface area contributed by atoms with Gasteiger partial charge in [0.2, 0.25) is 0 Å². The summed E-state index contributed by atoms with van der Waals surface area (Å²) in [6.45, 7) is 4.64. The third kappa shape index (κ3) is 4.14.